The van der Waals surface area contributed by atoms with Crippen LogP contribution >= 0.6 is 0 Å². The predicted octanol–water partition coefficient (Wildman–Crippen LogP) is 5.65. The molecule has 1 aromatic carbocycles. The lowest BCUT2D eigenvalue weighted by Crippen LogP contribution is -2.27. The average Bonchev–Trinajstić information content (AvgIpc) is 3.12. The summed E-state index contributed by atoms with van der Waals surface area (Å²) >= 11 is 0. The van der Waals surface area contributed by atoms with Gasteiger partial charge in [0.25, 0.3) is 0 Å². The largest absolute Gasteiger partial charge is 0.357 e. The summed E-state index contributed by atoms with van der Waals surface area (Å²) < 4.78 is 0. The van der Waals surface area contributed by atoms with E-state index in [0.29, 0.717) is 0 Å². The number of benzene rings is 1. The fourth-order valence-corrected chi connectivity index (χ4v) is 4.41. The summed E-state index contributed by atoms with van der Waals surface area (Å²) in [6.07, 6.45) is 3.10. The standard InChI is InChI=1S/C27H33N5/c1-6-32(13-7-12-28-5)26-11-9-22(17-29-26)21-8-10-24-20(4)27(31-25(24)16-21)23-14-18(2)30-19(3)15-23/h8-11,14-17,28,31H,6-7,12-13H2,1-5H3. The quantitative estimate of drug-likeness (QED) is 0.357. The molecular formula is C27H33N5. The van der Waals surface area contributed by atoms with Crippen LogP contribution < -0.4 is 10.2 Å². The second kappa shape index (κ2) is 9.53. The van der Waals surface area contributed by atoms with Crippen LogP contribution in [0.15, 0.2) is 48.7 Å². The highest BCUT2D eigenvalue weighted by Crippen LogP contribution is 2.33. The highest BCUT2D eigenvalue weighted by atomic mass is 15.2. The molecule has 0 aliphatic carbocycles. The topological polar surface area (TPSA) is 56.8 Å². The molecule has 5 heteroatoms. The Hall–Kier alpha value is -3.18. The molecular weight excluding hydrogens is 394 g/mol. The molecule has 0 radical (unpaired) electrons. The van der Waals surface area contributed by atoms with Crippen LogP contribution in [-0.4, -0.2) is 41.6 Å². The van der Waals surface area contributed by atoms with Gasteiger partial charge in [0.2, 0.25) is 0 Å². The first-order chi connectivity index (χ1) is 15.5. The van der Waals surface area contributed by atoms with E-state index in [-0.39, 0.29) is 0 Å². The second-order valence-corrected chi connectivity index (χ2v) is 8.47. The van der Waals surface area contributed by atoms with Crippen molar-refractivity contribution in [2.75, 3.05) is 31.6 Å². The van der Waals surface area contributed by atoms with Gasteiger partial charge in [0.15, 0.2) is 0 Å². The van der Waals surface area contributed by atoms with E-state index in [9.17, 15) is 0 Å². The maximum Gasteiger partial charge on any atom is 0.128 e. The smallest absolute Gasteiger partial charge is 0.128 e. The Morgan fingerprint density at radius 3 is 2.34 bits per heavy atom. The van der Waals surface area contributed by atoms with Crippen LogP contribution in [0.25, 0.3) is 33.3 Å². The Morgan fingerprint density at radius 2 is 1.69 bits per heavy atom. The van der Waals surface area contributed by atoms with Gasteiger partial charge in [0.05, 0.1) is 0 Å². The summed E-state index contributed by atoms with van der Waals surface area (Å²) in [5.41, 5.74) is 9.15. The Morgan fingerprint density at radius 1 is 0.938 bits per heavy atom. The fraction of sp³-hybridized carbons (Fsp3) is 0.333. The van der Waals surface area contributed by atoms with Crippen LogP contribution in [0.2, 0.25) is 0 Å². The molecule has 4 aromatic rings. The van der Waals surface area contributed by atoms with Gasteiger partial charge in [0, 0.05) is 58.4 Å². The van der Waals surface area contributed by atoms with Crippen molar-refractivity contribution >= 4 is 16.7 Å². The highest BCUT2D eigenvalue weighted by molar-refractivity contribution is 5.93. The Kier molecular flexibility index (Phi) is 6.56. The van der Waals surface area contributed by atoms with E-state index in [1.807, 2.05) is 27.1 Å². The molecule has 2 N–H and O–H groups in total. The monoisotopic (exact) mass is 427 g/mol. The maximum atomic E-state index is 4.76. The number of rotatable bonds is 8. The van der Waals surface area contributed by atoms with Crippen LogP contribution in [0.4, 0.5) is 5.82 Å². The lowest BCUT2D eigenvalue weighted by molar-refractivity contribution is 0.688. The molecule has 3 heterocycles. The van der Waals surface area contributed by atoms with Gasteiger partial charge >= 0.3 is 0 Å². The number of aromatic amines is 1. The van der Waals surface area contributed by atoms with Crippen molar-refractivity contribution in [3.63, 3.8) is 0 Å². The molecule has 0 saturated heterocycles. The zero-order chi connectivity index (χ0) is 22.7. The van der Waals surface area contributed by atoms with Crippen molar-refractivity contribution in [1.82, 2.24) is 20.3 Å². The number of aromatic nitrogens is 3. The minimum absolute atomic E-state index is 0.959. The Labute approximate surface area is 190 Å². The summed E-state index contributed by atoms with van der Waals surface area (Å²) in [5.74, 6) is 1.04. The van der Waals surface area contributed by atoms with Crippen molar-refractivity contribution in [3.8, 4) is 22.4 Å². The second-order valence-electron chi connectivity index (χ2n) is 8.47. The molecule has 0 aliphatic heterocycles. The number of nitrogens with one attached hydrogen (secondary N) is 2. The molecule has 0 saturated carbocycles. The minimum Gasteiger partial charge on any atom is -0.357 e. The van der Waals surface area contributed by atoms with Gasteiger partial charge in [-0.15, -0.1) is 0 Å². The number of fused-ring (bicyclic) bond motifs is 1. The van der Waals surface area contributed by atoms with Gasteiger partial charge in [-0.05, 0) is 89.2 Å². The number of hydrogen-bond donors (Lipinski definition) is 2. The molecule has 0 spiro atoms. The average molecular weight is 428 g/mol. The van der Waals surface area contributed by atoms with Gasteiger partial charge in [-0.1, -0.05) is 12.1 Å². The summed E-state index contributed by atoms with van der Waals surface area (Å²) in [5, 5.41) is 4.46. The van der Waals surface area contributed by atoms with Crippen molar-refractivity contribution < 1.29 is 0 Å². The summed E-state index contributed by atoms with van der Waals surface area (Å²) in [4.78, 5) is 15.3. The molecule has 0 amide bonds. The Balaban J connectivity index is 1.62. The van der Waals surface area contributed by atoms with E-state index in [4.69, 9.17) is 4.98 Å². The van der Waals surface area contributed by atoms with Crippen LogP contribution in [0.3, 0.4) is 0 Å². The van der Waals surface area contributed by atoms with Crippen LogP contribution in [-0.2, 0) is 0 Å². The first-order valence-electron chi connectivity index (χ1n) is 11.4. The third-order valence-corrected chi connectivity index (χ3v) is 6.07. The highest BCUT2D eigenvalue weighted by Gasteiger charge is 2.12. The number of H-pyrrole nitrogens is 1. The van der Waals surface area contributed by atoms with Crippen molar-refractivity contribution in [3.05, 3.63) is 65.6 Å². The molecule has 166 valence electrons. The lowest BCUT2D eigenvalue weighted by Gasteiger charge is -2.22. The lowest BCUT2D eigenvalue weighted by atomic mass is 10.0. The molecule has 32 heavy (non-hydrogen) atoms. The van der Waals surface area contributed by atoms with E-state index < -0.39 is 0 Å². The van der Waals surface area contributed by atoms with E-state index >= 15 is 0 Å². The van der Waals surface area contributed by atoms with Crippen molar-refractivity contribution in [2.24, 2.45) is 0 Å². The van der Waals surface area contributed by atoms with Gasteiger partial charge in [-0.25, -0.2) is 4.98 Å². The normalized spacial score (nSPS) is 11.3. The summed E-state index contributed by atoms with van der Waals surface area (Å²) in [6, 6.07) is 15.2. The molecule has 0 aliphatic rings. The van der Waals surface area contributed by atoms with Gasteiger partial charge < -0.3 is 15.2 Å². The van der Waals surface area contributed by atoms with E-state index in [1.165, 1.54) is 27.8 Å². The van der Waals surface area contributed by atoms with Crippen molar-refractivity contribution in [1.29, 1.82) is 0 Å². The maximum absolute atomic E-state index is 4.76. The number of aryl methyl sites for hydroxylation is 3. The zero-order valence-electron chi connectivity index (χ0n) is 19.8. The number of hydrogen-bond acceptors (Lipinski definition) is 4. The number of pyridine rings is 2. The van der Waals surface area contributed by atoms with Crippen molar-refractivity contribution in [2.45, 2.75) is 34.1 Å². The molecule has 4 rings (SSSR count). The summed E-state index contributed by atoms with van der Waals surface area (Å²) in [7, 11) is 1.99. The van der Waals surface area contributed by atoms with Crippen LogP contribution in [0.5, 0.6) is 0 Å². The molecule has 5 nitrogen and oxygen atoms in total. The third kappa shape index (κ3) is 4.53. The number of nitrogens with zero attached hydrogens (tertiary/aromatic N) is 3. The first kappa shape index (κ1) is 22.0. The van der Waals surface area contributed by atoms with Crippen LogP contribution in [0, 0.1) is 20.8 Å². The minimum atomic E-state index is 0.959. The molecule has 0 bridgehead atoms. The fourth-order valence-electron chi connectivity index (χ4n) is 4.41. The zero-order valence-corrected chi connectivity index (χ0v) is 19.8. The van der Waals surface area contributed by atoms with E-state index in [0.717, 1.165) is 54.3 Å². The molecule has 0 unspecified atom stereocenters. The molecule has 0 atom stereocenters. The third-order valence-electron chi connectivity index (χ3n) is 6.07. The van der Waals surface area contributed by atoms with Crippen LogP contribution in [0.1, 0.15) is 30.3 Å². The predicted molar refractivity (Wildman–Crippen MR) is 135 cm³/mol. The van der Waals surface area contributed by atoms with E-state index in [1.54, 1.807) is 0 Å². The Bertz CT molecular complexity index is 1190. The molecule has 3 aromatic heterocycles. The van der Waals surface area contributed by atoms with Gasteiger partial charge in [-0.3, -0.25) is 4.98 Å². The van der Waals surface area contributed by atoms with Gasteiger partial charge in [0.1, 0.15) is 5.82 Å². The molecule has 0 fully saturated rings. The number of anilines is 1. The first-order valence-corrected chi connectivity index (χ1v) is 11.4. The van der Waals surface area contributed by atoms with E-state index in [2.05, 4.69) is 76.5 Å². The van der Waals surface area contributed by atoms with Gasteiger partial charge in [-0.2, -0.15) is 0 Å². The SMILES string of the molecule is CCN(CCCNC)c1ccc(-c2ccc3c(C)c(-c4cc(C)nc(C)c4)[nH]c3c2)cn1. The summed E-state index contributed by atoms with van der Waals surface area (Å²) in [6.45, 7) is 11.4.